The van der Waals surface area contributed by atoms with E-state index in [9.17, 15) is 14.7 Å². The third kappa shape index (κ3) is 5.09. The minimum atomic E-state index is -0.642. The minimum absolute atomic E-state index is 0.174. The predicted octanol–water partition coefficient (Wildman–Crippen LogP) is 3.89. The van der Waals surface area contributed by atoms with E-state index in [0.717, 1.165) is 37.9 Å². The van der Waals surface area contributed by atoms with Crippen molar-refractivity contribution in [1.82, 2.24) is 9.80 Å². The Morgan fingerprint density at radius 1 is 1.16 bits per heavy atom. The zero-order valence-corrected chi connectivity index (χ0v) is 19.7. The Morgan fingerprint density at radius 2 is 1.88 bits per heavy atom. The van der Waals surface area contributed by atoms with Crippen LogP contribution >= 0.6 is 0 Å². The molecule has 176 valence electrons. The Labute approximate surface area is 191 Å². The van der Waals surface area contributed by atoms with Gasteiger partial charge in [0.2, 0.25) is 0 Å². The number of carbonyl (C=O) groups excluding carboxylic acids is 2. The number of aliphatic hydroxyl groups excluding tert-OH is 1. The highest BCUT2D eigenvalue weighted by Crippen LogP contribution is 2.41. The number of likely N-dealkylation sites (tertiary alicyclic amines) is 1. The molecule has 1 aromatic carbocycles. The quantitative estimate of drug-likeness (QED) is 0.590. The smallest absolute Gasteiger partial charge is 0.290 e. The van der Waals surface area contributed by atoms with Crippen molar-refractivity contribution in [3.63, 3.8) is 0 Å². The molecule has 1 aromatic rings. The largest absolute Gasteiger partial charge is 0.503 e. The highest BCUT2D eigenvalue weighted by atomic mass is 16.5. The van der Waals surface area contributed by atoms with E-state index < -0.39 is 17.7 Å². The number of ether oxygens (including phenoxy) is 2. The summed E-state index contributed by atoms with van der Waals surface area (Å²) < 4.78 is 11.3. The monoisotopic (exact) mass is 444 g/mol. The number of rotatable bonds is 10. The summed E-state index contributed by atoms with van der Waals surface area (Å²) in [6, 6.07) is 4.83. The molecule has 32 heavy (non-hydrogen) atoms. The molecule has 2 aliphatic heterocycles. The Balaban J connectivity index is 1.95. The van der Waals surface area contributed by atoms with Crippen LogP contribution in [-0.2, 0) is 9.59 Å². The number of benzene rings is 1. The number of nitrogens with zero attached hydrogens (tertiary/aromatic N) is 2. The Hall–Kier alpha value is -2.54. The van der Waals surface area contributed by atoms with Gasteiger partial charge in [0.15, 0.2) is 23.0 Å². The number of methoxy groups -OCH3 is 1. The lowest BCUT2D eigenvalue weighted by atomic mass is 9.91. The highest BCUT2D eigenvalue weighted by Gasteiger charge is 2.44. The summed E-state index contributed by atoms with van der Waals surface area (Å²) in [5.41, 5.74) is 0.902. The van der Waals surface area contributed by atoms with Gasteiger partial charge in [-0.2, -0.15) is 0 Å². The Kier molecular flexibility index (Phi) is 8.18. The molecular formula is C25H36N2O5. The molecule has 7 nitrogen and oxygen atoms in total. The molecule has 0 aromatic heterocycles. The molecule has 3 rings (SSSR count). The molecule has 1 fully saturated rings. The van der Waals surface area contributed by atoms with Crippen LogP contribution in [-0.4, -0.2) is 66.5 Å². The van der Waals surface area contributed by atoms with Gasteiger partial charge in [-0.3, -0.25) is 9.59 Å². The molecule has 1 atom stereocenters. The lowest BCUT2D eigenvalue weighted by Gasteiger charge is -2.32. The van der Waals surface area contributed by atoms with E-state index in [0.29, 0.717) is 31.2 Å². The average molecular weight is 445 g/mol. The number of ketones is 1. The number of carbonyl (C=O) groups is 2. The maximum absolute atomic E-state index is 13.1. The van der Waals surface area contributed by atoms with Gasteiger partial charge >= 0.3 is 0 Å². The molecule has 1 unspecified atom stereocenters. The van der Waals surface area contributed by atoms with Crippen LogP contribution in [0.3, 0.4) is 0 Å². The minimum Gasteiger partial charge on any atom is -0.503 e. The summed E-state index contributed by atoms with van der Waals surface area (Å²) in [7, 11) is 1.57. The Bertz CT molecular complexity index is 858. The molecule has 0 saturated carbocycles. The van der Waals surface area contributed by atoms with E-state index >= 15 is 0 Å². The van der Waals surface area contributed by atoms with Crippen LogP contribution in [0, 0.1) is 5.92 Å². The summed E-state index contributed by atoms with van der Waals surface area (Å²) in [6.07, 6.45) is 4.43. The lowest BCUT2D eigenvalue weighted by molar-refractivity contribution is -0.129. The lowest BCUT2D eigenvalue weighted by Crippen LogP contribution is -2.40. The van der Waals surface area contributed by atoms with Crippen molar-refractivity contribution in [2.45, 2.75) is 52.5 Å². The number of piperidine rings is 1. The van der Waals surface area contributed by atoms with Gasteiger partial charge in [-0.25, -0.2) is 0 Å². The molecule has 7 heteroatoms. The second-order valence-corrected chi connectivity index (χ2v) is 8.84. The number of hydrogen-bond acceptors (Lipinski definition) is 6. The fourth-order valence-corrected chi connectivity index (χ4v) is 4.41. The number of aliphatic hydroxyl groups is 1. The van der Waals surface area contributed by atoms with Gasteiger partial charge in [-0.15, -0.1) is 0 Å². The first-order chi connectivity index (χ1) is 15.4. The predicted molar refractivity (Wildman–Crippen MR) is 123 cm³/mol. The topological polar surface area (TPSA) is 79.3 Å². The van der Waals surface area contributed by atoms with Gasteiger partial charge in [0, 0.05) is 19.0 Å². The van der Waals surface area contributed by atoms with Crippen molar-refractivity contribution in [3.05, 3.63) is 35.1 Å². The van der Waals surface area contributed by atoms with Crippen LogP contribution in [0.5, 0.6) is 11.5 Å². The van der Waals surface area contributed by atoms with Crippen molar-refractivity contribution in [2.24, 2.45) is 5.92 Å². The van der Waals surface area contributed by atoms with Crippen molar-refractivity contribution < 1.29 is 24.2 Å². The highest BCUT2D eigenvalue weighted by molar-refractivity contribution is 6.09. The van der Waals surface area contributed by atoms with E-state index in [4.69, 9.17) is 9.47 Å². The van der Waals surface area contributed by atoms with Gasteiger partial charge in [0.05, 0.1) is 25.3 Å². The van der Waals surface area contributed by atoms with Gasteiger partial charge in [0.25, 0.3) is 5.91 Å². The maximum atomic E-state index is 13.1. The van der Waals surface area contributed by atoms with Gasteiger partial charge in [-0.05, 0) is 50.0 Å². The standard InChI is InChI=1S/C25H36N2O5/c1-5-15-32-19-10-9-18(16-20(19)31-4)22-21(23(28)17(2)3)24(29)25(30)27(22)14-13-26-11-7-6-8-12-26/h9-10,16-17,22,29H,5-8,11-15H2,1-4H3. The zero-order chi connectivity index (χ0) is 23.3. The van der Waals surface area contributed by atoms with Gasteiger partial charge in [-0.1, -0.05) is 33.3 Å². The Morgan fingerprint density at radius 3 is 2.50 bits per heavy atom. The molecule has 2 heterocycles. The van der Waals surface area contributed by atoms with Crippen LogP contribution < -0.4 is 9.47 Å². The molecule has 1 amide bonds. The van der Waals surface area contributed by atoms with Crippen molar-refractivity contribution in [3.8, 4) is 11.5 Å². The molecule has 0 aliphatic carbocycles. The van der Waals surface area contributed by atoms with E-state index in [1.54, 1.807) is 25.9 Å². The van der Waals surface area contributed by atoms with Crippen LogP contribution in [0.4, 0.5) is 0 Å². The fourth-order valence-electron chi connectivity index (χ4n) is 4.41. The van der Waals surface area contributed by atoms with E-state index in [1.807, 2.05) is 25.1 Å². The second-order valence-electron chi connectivity index (χ2n) is 8.84. The molecule has 0 spiro atoms. The molecule has 1 saturated heterocycles. The number of Topliss-reactive ketones (excluding diaryl/α,β-unsaturated/α-hetero) is 1. The van der Waals surface area contributed by atoms with Crippen LogP contribution in [0.1, 0.15) is 58.1 Å². The van der Waals surface area contributed by atoms with Crippen molar-refractivity contribution in [1.29, 1.82) is 0 Å². The second kappa shape index (κ2) is 10.9. The molecular weight excluding hydrogens is 408 g/mol. The first kappa shape index (κ1) is 24.1. The summed E-state index contributed by atoms with van der Waals surface area (Å²) in [5, 5.41) is 10.7. The van der Waals surface area contributed by atoms with Crippen molar-refractivity contribution >= 4 is 11.7 Å². The van der Waals surface area contributed by atoms with E-state index in [2.05, 4.69) is 4.90 Å². The third-order valence-electron chi connectivity index (χ3n) is 6.16. The average Bonchev–Trinajstić information content (AvgIpc) is 3.06. The number of hydrogen-bond donors (Lipinski definition) is 1. The van der Waals surface area contributed by atoms with Crippen LogP contribution in [0.2, 0.25) is 0 Å². The molecule has 1 N–H and O–H groups in total. The fraction of sp³-hybridized carbons (Fsp3) is 0.600. The van der Waals surface area contributed by atoms with Gasteiger partial charge in [0.1, 0.15) is 0 Å². The SMILES string of the molecule is CCCOc1ccc(C2C(C(=O)C(C)C)=C(O)C(=O)N2CCN2CCCCC2)cc1OC. The van der Waals surface area contributed by atoms with Crippen LogP contribution in [0.15, 0.2) is 29.5 Å². The maximum Gasteiger partial charge on any atom is 0.290 e. The summed E-state index contributed by atoms with van der Waals surface area (Å²) in [6.45, 7) is 9.35. The first-order valence-corrected chi connectivity index (χ1v) is 11.7. The zero-order valence-electron chi connectivity index (χ0n) is 19.7. The van der Waals surface area contributed by atoms with Crippen LogP contribution in [0.25, 0.3) is 0 Å². The summed E-state index contributed by atoms with van der Waals surface area (Å²) in [5.74, 6) is -0.307. The van der Waals surface area contributed by atoms with Crippen molar-refractivity contribution in [2.75, 3.05) is 39.9 Å². The van der Waals surface area contributed by atoms with E-state index in [-0.39, 0.29) is 17.3 Å². The summed E-state index contributed by atoms with van der Waals surface area (Å²) in [4.78, 5) is 30.1. The molecule has 0 radical (unpaired) electrons. The summed E-state index contributed by atoms with van der Waals surface area (Å²) >= 11 is 0. The molecule has 0 bridgehead atoms. The third-order valence-corrected chi connectivity index (χ3v) is 6.16. The number of amides is 1. The van der Waals surface area contributed by atoms with Gasteiger partial charge < -0.3 is 24.4 Å². The normalized spacial score (nSPS) is 19.7. The molecule has 2 aliphatic rings. The first-order valence-electron chi connectivity index (χ1n) is 11.7. The van der Waals surface area contributed by atoms with E-state index in [1.165, 1.54) is 6.42 Å².